The summed E-state index contributed by atoms with van der Waals surface area (Å²) in [4.78, 5) is 2.16. The maximum absolute atomic E-state index is 2.25. The molecule has 0 spiro atoms. The lowest BCUT2D eigenvalue weighted by atomic mass is 10.2. The summed E-state index contributed by atoms with van der Waals surface area (Å²) in [6, 6.07) is 10.6. The van der Waals surface area contributed by atoms with Gasteiger partial charge >= 0.3 is 0 Å². The van der Waals surface area contributed by atoms with E-state index in [2.05, 4.69) is 60.1 Å². The minimum atomic E-state index is 0.938. The van der Waals surface area contributed by atoms with E-state index < -0.39 is 0 Å². The Morgan fingerprint density at radius 3 is 2.69 bits per heavy atom. The largest absolute Gasteiger partial charge is 0.334 e. The van der Waals surface area contributed by atoms with Gasteiger partial charge in [-0.2, -0.15) is 0 Å². The molecule has 0 saturated heterocycles. The molecule has 68 valence electrons. The van der Waals surface area contributed by atoms with E-state index in [4.69, 9.17) is 0 Å². The zero-order chi connectivity index (χ0) is 9.26. The van der Waals surface area contributed by atoms with Gasteiger partial charge in [0.15, 0.2) is 0 Å². The first kappa shape index (κ1) is 8.32. The molecule has 0 N–H and O–H groups in total. The minimum Gasteiger partial charge on any atom is -0.334 e. The Morgan fingerprint density at radius 1 is 1.15 bits per heavy atom. The zero-order valence-electron chi connectivity index (χ0n) is 8.07. The number of rotatable bonds is 2. The van der Waals surface area contributed by atoms with Gasteiger partial charge in [-0.3, -0.25) is 4.90 Å². The van der Waals surface area contributed by atoms with E-state index in [1.165, 1.54) is 10.9 Å². The molecule has 0 aliphatic rings. The van der Waals surface area contributed by atoms with Crippen LogP contribution < -0.4 is 0 Å². The van der Waals surface area contributed by atoms with Gasteiger partial charge in [-0.05, 0) is 31.6 Å². The first-order valence-corrected chi connectivity index (χ1v) is 4.46. The van der Waals surface area contributed by atoms with Gasteiger partial charge in [0.05, 0.1) is 6.67 Å². The van der Waals surface area contributed by atoms with Gasteiger partial charge in [-0.25, -0.2) is 0 Å². The van der Waals surface area contributed by atoms with Crippen LogP contribution in [-0.2, 0) is 6.67 Å². The summed E-state index contributed by atoms with van der Waals surface area (Å²) in [5.41, 5.74) is 1.30. The third-order valence-electron chi connectivity index (χ3n) is 2.12. The van der Waals surface area contributed by atoms with Crippen LogP contribution in [0.3, 0.4) is 0 Å². The summed E-state index contributed by atoms with van der Waals surface area (Å²) in [6.45, 7) is 0.938. The van der Waals surface area contributed by atoms with E-state index in [0.29, 0.717) is 0 Å². The molecule has 0 fully saturated rings. The standard InChI is InChI=1S/C11H14N2/c1-12(2)9-13-8-7-10-5-3-4-6-11(10)13/h3-8H,9H2,1-2H3. The number of nitrogens with zero attached hydrogens (tertiary/aromatic N) is 2. The van der Waals surface area contributed by atoms with Crippen LogP contribution in [0.2, 0.25) is 0 Å². The summed E-state index contributed by atoms with van der Waals surface area (Å²) in [5.74, 6) is 0. The van der Waals surface area contributed by atoms with Crippen molar-refractivity contribution in [2.24, 2.45) is 0 Å². The average Bonchev–Trinajstić information content (AvgIpc) is 2.48. The first-order valence-electron chi connectivity index (χ1n) is 4.46. The van der Waals surface area contributed by atoms with Crippen LogP contribution in [-0.4, -0.2) is 23.6 Å². The topological polar surface area (TPSA) is 8.17 Å². The molecular weight excluding hydrogens is 160 g/mol. The number of para-hydroxylation sites is 1. The molecule has 1 heterocycles. The molecule has 1 aromatic heterocycles. The Morgan fingerprint density at radius 2 is 1.92 bits per heavy atom. The lowest BCUT2D eigenvalue weighted by Gasteiger charge is -2.11. The highest BCUT2D eigenvalue weighted by atomic mass is 15.2. The van der Waals surface area contributed by atoms with Crippen molar-refractivity contribution in [2.75, 3.05) is 14.1 Å². The van der Waals surface area contributed by atoms with Crippen LogP contribution in [0.1, 0.15) is 0 Å². The number of aromatic nitrogens is 1. The summed E-state index contributed by atoms with van der Waals surface area (Å²) >= 11 is 0. The van der Waals surface area contributed by atoms with E-state index >= 15 is 0 Å². The van der Waals surface area contributed by atoms with Crippen LogP contribution in [0.15, 0.2) is 36.5 Å². The molecule has 0 radical (unpaired) electrons. The van der Waals surface area contributed by atoms with Gasteiger partial charge in [0.2, 0.25) is 0 Å². The monoisotopic (exact) mass is 174 g/mol. The number of hydrogen-bond donors (Lipinski definition) is 0. The highest BCUT2D eigenvalue weighted by Gasteiger charge is 1.99. The predicted octanol–water partition coefficient (Wildman–Crippen LogP) is 2.16. The first-order chi connectivity index (χ1) is 6.27. The van der Waals surface area contributed by atoms with Crippen molar-refractivity contribution in [1.82, 2.24) is 9.47 Å². The average molecular weight is 174 g/mol. The fourth-order valence-electron chi connectivity index (χ4n) is 1.57. The van der Waals surface area contributed by atoms with Crippen molar-refractivity contribution >= 4 is 10.9 Å². The second-order valence-corrected chi connectivity index (χ2v) is 3.57. The minimum absolute atomic E-state index is 0.938. The summed E-state index contributed by atoms with van der Waals surface area (Å²) in [7, 11) is 4.16. The van der Waals surface area contributed by atoms with Gasteiger partial charge in [0, 0.05) is 11.7 Å². The lowest BCUT2D eigenvalue weighted by Crippen LogP contribution is -2.15. The Kier molecular flexibility index (Phi) is 2.07. The van der Waals surface area contributed by atoms with Crippen LogP contribution in [0.5, 0.6) is 0 Å². The Hall–Kier alpha value is -1.28. The highest BCUT2D eigenvalue weighted by Crippen LogP contribution is 2.14. The Labute approximate surface area is 78.4 Å². The molecule has 0 bridgehead atoms. The van der Waals surface area contributed by atoms with E-state index in [1.54, 1.807) is 0 Å². The van der Waals surface area contributed by atoms with Gasteiger partial charge in [0.25, 0.3) is 0 Å². The van der Waals surface area contributed by atoms with E-state index in [-0.39, 0.29) is 0 Å². The second-order valence-electron chi connectivity index (χ2n) is 3.57. The fourth-order valence-corrected chi connectivity index (χ4v) is 1.57. The lowest BCUT2D eigenvalue weighted by molar-refractivity contribution is 0.333. The van der Waals surface area contributed by atoms with Gasteiger partial charge in [0.1, 0.15) is 0 Å². The molecule has 0 saturated carbocycles. The van der Waals surface area contributed by atoms with E-state index in [9.17, 15) is 0 Å². The fraction of sp³-hybridized carbons (Fsp3) is 0.273. The molecule has 0 amide bonds. The van der Waals surface area contributed by atoms with Crippen molar-refractivity contribution in [3.8, 4) is 0 Å². The molecule has 2 heteroatoms. The SMILES string of the molecule is CN(C)Cn1ccc2ccccc21. The van der Waals surface area contributed by atoms with Crippen molar-refractivity contribution in [3.05, 3.63) is 36.5 Å². The van der Waals surface area contributed by atoms with Crippen molar-refractivity contribution in [2.45, 2.75) is 6.67 Å². The van der Waals surface area contributed by atoms with Crippen molar-refractivity contribution in [3.63, 3.8) is 0 Å². The quantitative estimate of drug-likeness (QED) is 0.677. The number of hydrogen-bond acceptors (Lipinski definition) is 1. The maximum atomic E-state index is 2.25. The maximum Gasteiger partial charge on any atom is 0.0746 e. The van der Waals surface area contributed by atoms with Gasteiger partial charge in [-0.15, -0.1) is 0 Å². The van der Waals surface area contributed by atoms with E-state index in [0.717, 1.165) is 6.67 Å². The smallest absolute Gasteiger partial charge is 0.0746 e. The molecular formula is C11H14N2. The molecule has 13 heavy (non-hydrogen) atoms. The molecule has 0 aliphatic carbocycles. The van der Waals surface area contributed by atoms with Crippen LogP contribution in [0, 0.1) is 0 Å². The summed E-state index contributed by atoms with van der Waals surface area (Å²) in [5, 5.41) is 1.31. The third-order valence-corrected chi connectivity index (χ3v) is 2.12. The van der Waals surface area contributed by atoms with Gasteiger partial charge < -0.3 is 4.57 Å². The highest BCUT2D eigenvalue weighted by molar-refractivity contribution is 5.79. The van der Waals surface area contributed by atoms with Gasteiger partial charge in [-0.1, -0.05) is 18.2 Å². The Balaban J connectivity index is 2.46. The molecule has 2 rings (SSSR count). The number of benzene rings is 1. The van der Waals surface area contributed by atoms with Crippen molar-refractivity contribution in [1.29, 1.82) is 0 Å². The van der Waals surface area contributed by atoms with Crippen molar-refractivity contribution < 1.29 is 0 Å². The molecule has 0 atom stereocenters. The molecule has 1 aromatic carbocycles. The summed E-state index contributed by atoms with van der Waals surface area (Å²) < 4.78 is 2.25. The molecule has 2 aromatic rings. The third kappa shape index (κ3) is 1.58. The number of fused-ring (bicyclic) bond motifs is 1. The normalized spacial score (nSPS) is 11.3. The van der Waals surface area contributed by atoms with Crippen LogP contribution in [0.4, 0.5) is 0 Å². The molecule has 2 nitrogen and oxygen atoms in total. The molecule has 0 unspecified atom stereocenters. The van der Waals surface area contributed by atoms with Crippen LogP contribution in [0.25, 0.3) is 10.9 Å². The van der Waals surface area contributed by atoms with E-state index in [1.807, 2.05) is 0 Å². The molecule has 0 aliphatic heterocycles. The second kappa shape index (κ2) is 3.23. The zero-order valence-corrected chi connectivity index (χ0v) is 8.07. The summed E-state index contributed by atoms with van der Waals surface area (Å²) in [6.07, 6.45) is 2.13. The Bertz CT molecular complexity index is 401. The predicted molar refractivity (Wildman–Crippen MR) is 55.6 cm³/mol. The van der Waals surface area contributed by atoms with Crippen LogP contribution >= 0.6 is 0 Å².